The van der Waals surface area contributed by atoms with Gasteiger partial charge >= 0.3 is 0 Å². The number of hydrogen-bond acceptors (Lipinski definition) is 4. The summed E-state index contributed by atoms with van der Waals surface area (Å²) in [6, 6.07) is 9.32. The second-order valence-corrected chi connectivity index (χ2v) is 6.74. The zero-order chi connectivity index (χ0) is 20.4. The van der Waals surface area contributed by atoms with Crippen molar-refractivity contribution in [2.45, 2.75) is 53.0 Å². The van der Waals surface area contributed by atoms with E-state index >= 15 is 0 Å². The summed E-state index contributed by atoms with van der Waals surface area (Å²) in [6.45, 7) is 7.96. The minimum atomic E-state index is -0.134. The maximum atomic E-state index is 12.8. The van der Waals surface area contributed by atoms with E-state index in [-0.39, 0.29) is 11.8 Å². The molecule has 0 aliphatic rings. The fourth-order valence-electron chi connectivity index (χ4n) is 2.88. The van der Waals surface area contributed by atoms with Crippen LogP contribution in [-0.4, -0.2) is 24.9 Å². The Hall–Kier alpha value is -2.76. The van der Waals surface area contributed by atoms with Crippen LogP contribution in [0.5, 0.6) is 0 Å². The van der Waals surface area contributed by atoms with Crippen molar-refractivity contribution in [3.8, 4) is 0 Å². The molecule has 0 fully saturated rings. The molecule has 2 rings (SSSR count). The molecule has 0 aliphatic heterocycles. The van der Waals surface area contributed by atoms with Crippen molar-refractivity contribution >= 4 is 23.2 Å². The summed E-state index contributed by atoms with van der Waals surface area (Å²) in [5.41, 5.74) is 2.03. The zero-order valence-corrected chi connectivity index (χ0v) is 17.1. The molecule has 152 valence electrons. The van der Waals surface area contributed by atoms with E-state index in [0.29, 0.717) is 30.8 Å². The number of rotatable bonds is 11. The molecule has 2 amide bonds. The van der Waals surface area contributed by atoms with Crippen molar-refractivity contribution in [1.82, 2.24) is 5.32 Å². The lowest BCUT2D eigenvalue weighted by atomic mass is 10.1. The van der Waals surface area contributed by atoms with Gasteiger partial charge in [0.15, 0.2) is 0 Å². The van der Waals surface area contributed by atoms with E-state index in [1.54, 1.807) is 19.3 Å². The van der Waals surface area contributed by atoms with Crippen molar-refractivity contribution in [1.29, 1.82) is 0 Å². The van der Waals surface area contributed by atoms with Crippen molar-refractivity contribution in [2.24, 2.45) is 0 Å². The molecule has 2 aromatic rings. The van der Waals surface area contributed by atoms with E-state index in [0.717, 1.165) is 37.3 Å². The van der Waals surface area contributed by atoms with E-state index < -0.39 is 0 Å². The second-order valence-electron chi connectivity index (χ2n) is 6.74. The molecule has 0 unspecified atom stereocenters. The van der Waals surface area contributed by atoms with Gasteiger partial charge in [-0.2, -0.15) is 0 Å². The quantitative estimate of drug-likeness (QED) is 0.594. The summed E-state index contributed by atoms with van der Waals surface area (Å²) in [7, 11) is 0. The normalized spacial score (nSPS) is 10.5. The van der Waals surface area contributed by atoms with E-state index in [1.165, 1.54) is 0 Å². The number of anilines is 2. The Balaban J connectivity index is 2.38. The summed E-state index contributed by atoms with van der Waals surface area (Å²) < 4.78 is 5.52. The van der Waals surface area contributed by atoms with Crippen molar-refractivity contribution in [2.75, 3.05) is 23.3 Å². The number of furan rings is 1. The number of nitrogens with zero attached hydrogens (tertiary/aromatic N) is 1. The molecule has 0 atom stereocenters. The first kappa shape index (κ1) is 21.5. The summed E-state index contributed by atoms with van der Waals surface area (Å²) >= 11 is 0. The Kier molecular flexibility index (Phi) is 8.59. The molecule has 1 aromatic heterocycles. The summed E-state index contributed by atoms with van der Waals surface area (Å²) in [4.78, 5) is 26.8. The Bertz CT molecular complexity index is 756. The largest absolute Gasteiger partial charge is 0.467 e. The molecule has 6 nitrogen and oxygen atoms in total. The molecule has 0 saturated carbocycles. The lowest BCUT2D eigenvalue weighted by Gasteiger charge is -2.26. The van der Waals surface area contributed by atoms with Crippen molar-refractivity contribution in [3.63, 3.8) is 0 Å². The monoisotopic (exact) mass is 385 g/mol. The average Bonchev–Trinajstić information content (AvgIpc) is 3.22. The predicted molar refractivity (Wildman–Crippen MR) is 113 cm³/mol. The van der Waals surface area contributed by atoms with Crippen LogP contribution >= 0.6 is 0 Å². The van der Waals surface area contributed by atoms with Crippen LogP contribution in [0.1, 0.15) is 62.6 Å². The zero-order valence-electron chi connectivity index (χ0n) is 17.1. The molecule has 0 spiro atoms. The SMILES string of the molecule is CCCCN(Cc1ccco1)c1ccc(NC(=O)CC)cc1C(=O)NCCC. The Morgan fingerprint density at radius 3 is 2.57 bits per heavy atom. The van der Waals surface area contributed by atoms with Crippen LogP contribution in [-0.2, 0) is 11.3 Å². The smallest absolute Gasteiger partial charge is 0.253 e. The van der Waals surface area contributed by atoms with E-state index in [9.17, 15) is 9.59 Å². The van der Waals surface area contributed by atoms with Gasteiger partial charge in [-0.1, -0.05) is 27.2 Å². The molecular formula is C22H31N3O3. The highest BCUT2D eigenvalue weighted by molar-refractivity contribution is 6.02. The molecule has 6 heteroatoms. The fraction of sp³-hybridized carbons (Fsp3) is 0.455. The predicted octanol–water partition coefficient (Wildman–Crippen LogP) is 4.57. The molecule has 28 heavy (non-hydrogen) atoms. The highest BCUT2D eigenvalue weighted by atomic mass is 16.3. The molecule has 0 aliphatic carbocycles. The van der Waals surface area contributed by atoms with E-state index in [2.05, 4.69) is 22.5 Å². The van der Waals surface area contributed by atoms with Crippen LogP contribution in [0.4, 0.5) is 11.4 Å². The molecule has 0 saturated heterocycles. The van der Waals surface area contributed by atoms with Crippen LogP contribution in [0.3, 0.4) is 0 Å². The molecule has 1 heterocycles. The molecule has 0 radical (unpaired) electrons. The highest BCUT2D eigenvalue weighted by Crippen LogP contribution is 2.27. The maximum Gasteiger partial charge on any atom is 0.253 e. The van der Waals surface area contributed by atoms with Crippen molar-refractivity contribution in [3.05, 3.63) is 47.9 Å². The van der Waals surface area contributed by atoms with E-state index in [1.807, 2.05) is 31.2 Å². The van der Waals surface area contributed by atoms with Gasteiger partial charge in [-0.25, -0.2) is 0 Å². The number of hydrogen-bond donors (Lipinski definition) is 2. The van der Waals surface area contributed by atoms with Gasteiger partial charge in [-0.3, -0.25) is 9.59 Å². The average molecular weight is 386 g/mol. The van der Waals surface area contributed by atoms with Gasteiger partial charge in [0, 0.05) is 25.2 Å². The molecule has 0 bridgehead atoms. The minimum Gasteiger partial charge on any atom is -0.467 e. The van der Waals surface area contributed by atoms with Crippen LogP contribution in [0.2, 0.25) is 0 Å². The van der Waals surface area contributed by atoms with Gasteiger partial charge in [0.2, 0.25) is 5.91 Å². The molecule has 1 aromatic carbocycles. The van der Waals surface area contributed by atoms with Gasteiger partial charge < -0.3 is 20.0 Å². The van der Waals surface area contributed by atoms with Crippen LogP contribution in [0, 0.1) is 0 Å². The summed E-state index contributed by atoms with van der Waals surface area (Å²) in [5.74, 6) is 0.635. The Morgan fingerprint density at radius 2 is 1.93 bits per heavy atom. The van der Waals surface area contributed by atoms with Gasteiger partial charge in [0.25, 0.3) is 5.91 Å². The first-order valence-electron chi connectivity index (χ1n) is 10.1. The number of unbranched alkanes of at least 4 members (excludes halogenated alkanes) is 1. The Morgan fingerprint density at radius 1 is 1.11 bits per heavy atom. The second kappa shape index (κ2) is 11.2. The topological polar surface area (TPSA) is 74.6 Å². The number of amides is 2. The number of benzene rings is 1. The molecule has 2 N–H and O–H groups in total. The third-order valence-electron chi connectivity index (χ3n) is 4.43. The Labute approximate surface area is 167 Å². The van der Waals surface area contributed by atoms with Gasteiger partial charge in [0.1, 0.15) is 5.76 Å². The van der Waals surface area contributed by atoms with Crippen LogP contribution in [0.15, 0.2) is 41.0 Å². The van der Waals surface area contributed by atoms with Gasteiger partial charge in [-0.15, -0.1) is 0 Å². The lowest BCUT2D eigenvalue weighted by Crippen LogP contribution is -2.30. The maximum absolute atomic E-state index is 12.8. The molecular weight excluding hydrogens is 354 g/mol. The van der Waals surface area contributed by atoms with Gasteiger partial charge in [0.05, 0.1) is 24.1 Å². The highest BCUT2D eigenvalue weighted by Gasteiger charge is 2.19. The number of carbonyl (C=O) groups is 2. The van der Waals surface area contributed by atoms with Crippen LogP contribution < -0.4 is 15.5 Å². The van der Waals surface area contributed by atoms with Crippen molar-refractivity contribution < 1.29 is 14.0 Å². The first-order chi connectivity index (χ1) is 13.6. The summed E-state index contributed by atoms with van der Waals surface area (Å²) in [6.07, 6.45) is 4.97. The van der Waals surface area contributed by atoms with Crippen LogP contribution in [0.25, 0.3) is 0 Å². The third-order valence-corrected chi connectivity index (χ3v) is 4.43. The number of carbonyl (C=O) groups excluding carboxylic acids is 2. The first-order valence-corrected chi connectivity index (χ1v) is 10.1. The summed E-state index contributed by atoms with van der Waals surface area (Å²) in [5, 5.41) is 5.79. The van der Waals surface area contributed by atoms with Gasteiger partial charge in [-0.05, 0) is 43.2 Å². The lowest BCUT2D eigenvalue weighted by molar-refractivity contribution is -0.115. The minimum absolute atomic E-state index is 0.0777. The standard InChI is InChI=1S/C22H31N3O3/c1-4-7-13-25(16-18-9-8-14-28-18)20-11-10-17(24-21(26)6-3)15-19(20)22(27)23-12-5-2/h8-11,14-15H,4-7,12-13,16H2,1-3H3,(H,23,27)(H,24,26). The fourth-order valence-corrected chi connectivity index (χ4v) is 2.88. The third kappa shape index (κ3) is 6.15. The number of nitrogens with one attached hydrogen (secondary N) is 2. The van der Waals surface area contributed by atoms with E-state index in [4.69, 9.17) is 4.42 Å².